The van der Waals surface area contributed by atoms with E-state index >= 15 is 0 Å². The van der Waals surface area contributed by atoms with E-state index in [4.69, 9.17) is 4.98 Å². The van der Waals surface area contributed by atoms with E-state index in [0.29, 0.717) is 0 Å². The van der Waals surface area contributed by atoms with Gasteiger partial charge in [-0.2, -0.15) is 0 Å². The number of unbranched alkanes of at least 4 members (excludes halogenated alkanes) is 3. The van der Waals surface area contributed by atoms with Crippen LogP contribution >= 0.6 is 0 Å². The Balaban J connectivity index is 1.58. The van der Waals surface area contributed by atoms with Crippen LogP contribution in [-0.4, -0.2) is 9.97 Å². The Morgan fingerprint density at radius 3 is 2.59 bits per heavy atom. The molecule has 0 amide bonds. The van der Waals surface area contributed by atoms with Crippen LogP contribution in [0, 0.1) is 5.82 Å². The van der Waals surface area contributed by atoms with Crippen molar-refractivity contribution >= 4 is 40.2 Å². The molecule has 2 heterocycles. The molecule has 0 unspecified atom stereocenters. The predicted molar refractivity (Wildman–Crippen MR) is 122 cm³/mol. The minimum atomic E-state index is -0.222. The van der Waals surface area contributed by atoms with E-state index in [1.165, 1.54) is 31.4 Å². The van der Waals surface area contributed by atoms with Crippen molar-refractivity contribution in [1.82, 2.24) is 9.97 Å². The number of allylic oxidation sites excluding steroid dienone is 1. The average Bonchev–Trinajstić information content (AvgIpc) is 3.09. The van der Waals surface area contributed by atoms with Gasteiger partial charge in [-0.3, -0.25) is 0 Å². The highest BCUT2D eigenvalue weighted by Gasteiger charge is 2.06. The van der Waals surface area contributed by atoms with Gasteiger partial charge in [0.1, 0.15) is 11.5 Å². The number of aromatic nitrogens is 2. The molecule has 0 aliphatic carbocycles. The van der Waals surface area contributed by atoms with Crippen molar-refractivity contribution in [2.75, 3.05) is 0 Å². The van der Waals surface area contributed by atoms with Crippen LogP contribution in [0.2, 0.25) is 0 Å². The lowest BCUT2D eigenvalue weighted by atomic mass is 10.1. The molecule has 4 aromatic rings. The zero-order valence-electron chi connectivity index (χ0n) is 16.7. The molecule has 2 aromatic carbocycles. The van der Waals surface area contributed by atoms with E-state index in [2.05, 4.69) is 54.4 Å². The summed E-state index contributed by atoms with van der Waals surface area (Å²) in [5.74, 6) is -0.222. The summed E-state index contributed by atoms with van der Waals surface area (Å²) in [5.41, 5.74) is 4.87. The van der Waals surface area contributed by atoms with Crippen LogP contribution in [0.3, 0.4) is 0 Å². The summed E-state index contributed by atoms with van der Waals surface area (Å²) in [6, 6.07) is 17.1. The van der Waals surface area contributed by atoms with Gasteiger partial charge in [0.2, 0.25) is 0 Å². The first-order valence-electron chi connectivity index (χ1n) is 10.3. The monoisotopic (exact) mass is 384 g/mol. The highest BCUT2D eigenvalue weighted by Crippen LogP contribution is 2.26. The fourth-order valence-corrected chi connectivity index (χ4v) is 3.52. The van der Waals surface area contributed by atoms with E-state index in [0.717, 1.165) is 45.2 Å². The maximum atomic E-state index is 13.3. The zero-order chi connectivity index (χ0) is 20.1. The Morgan fingerprint density at radius 1 is 0.897 bits per heavy atom. The van der Waals surface area contributed by atoms with Crippen LogP contribution in [0.5, 0.6) is 0 Å². The first kappa shape index (κ1) is 19.1. The normalized spacial score (nSPS) is 12.1. The lowest BCUT2D eigenvalue weighted by molar-refractivity contribution is 0.627. The van der Waals surface area contributed by atoms with Gasteiger partial charge in [0, 0.05) is 16.3 Å². The third-order valence-electron chi connectivity index (χ3n) is 5.08. The molecule has 2 nitrogen and oxygen atoms in total. The topological polar surface area (TPSA) is 28.7 Å². The number of hydrogen-bond donors (Lipinski definition) is 1. The van der Waals surface area contributed by atoms with Gasteiger partial charge in [-0.1, -0.05) is 56.2 Å². The Bertz CT molecular complexity index is 1180. The van der Waals surface area contributed by atoms with Gasteiger partial charge in [-0.15, -0.1) is 0 Å². The van der Waals surface area contributed by atoms with Gasteiger partial charge >= 0.3 is 0 Å². The number of fused-ring (bicyclic) bond motifs is 3. The largest absolute Gasteiger partial charge is 0.339 e. The second-order valence-electron chi connectivity index (χ2n) is 7.35. The highest BCUT2D eigenvalue weighted by atomic mass is 19.1. The molecule has 0 aliphatic rings. The van der Waals surface area contributed by atoms with Crippen molar-refractivity contribution in [3.05, 3.63) is 83.3 Å². The number of pyridine rings is 1. The maximum absolute atomic E-state index is 13.3. The fraction of sp³-hybridized carbons (Fsp3) is 0.192. The predicted octanol–water partition coefficient (Wildman–Crippen LogP) is 7.62. The lowest BCUT2D eigenvalue weighted by Crippen LogP contribution is -1.81. The maximum Gasteiger partial charge on any atom is 0.139 e. The quantitative estimate of drug-likeness (QED) is 0.258. The van der Waals surface area contributed by atoms with Crippen molar-refractivity contribution in [2.24, 2.45) is 0 Å². The standard InChI is InChI=1S/C26H25FN2/c1-2-3-4-5-6-10-22-14-15-23-24-18-20(13-16-25(24)29-26(23)28-22)12-11-19-8-7-9-21(27)17-19/h6-18H,2-5H2,1H3,(H,28,29). The number of benzene rings is 2. The molecule has 4 rings (SSSR count). The third-order valence-corrected chi connectivity index (χ3v) is 5.08. The molecule has 0 fully saturated rings. The van der Waals surface area contributed by atoms with Gasteiger partial charge < -0.3 is 4.98 Å². The number of nitrogens with zero attached hydrogens (tertiary/aromatic N) is 1. The molecule has 0 radical (unpaired) electrons. The van der Waals surface area contributed by atoms with Crippen LogP contribution < -0.4 is 0 Å². The van der Waals surface area contributed by atoms with E-state index in [9.17, 15) is 4.39 Å². The van der Waals surface area contributed by atoms with Crippen molar-refractivity contribution < 1.29 is 4.39 Å². The first-order valence-corrected chi connectivity index (χ1v) is 10.3. The van der Waals surface area contributed by atoms with Gasteiger partial charge in [0.25, 0.3) is 0 Å². The number of halogens is 1. The molecule has 0 spiro atoms. The minimum Gasteiger partial charge on any atom is -0.339 e. The Labute approximate surface area is 170 Å². The number of H-pyrrole nitrogens is 1. The van der Waals surface area contributed by atoms with E-state index in [-0.39, 0.29) is 5.82 Å². The molecule has 3 heteroatoms. The van der Waals surface area contributed by atoms with Crippen LogP contribution in [0.4, 0.5) is 4.39 Å². The van der Waals surface area contributed by atoms with Crippen molar-refractivity contribution in [1.29, 1.82) is 0 Å². The van der Waals surface area contributed by atoms with Crippen molar-refractivity contribution in [2.45, 2.75) is 32.6 Å². The SMILES string of the molecule is CCCCCC=Cc1ccc2c(n1)[nH]c1ccc(C=Cc3cccc(F)c3)cc12. The minimum absolute atomic E-state index is 0.222. The number of hydrogen-bond acceptors (Lipinski definition) is 1. The third kappa shape index (κ3) is 4.62. The molecule has 0 saturated carbocycles. The highest BCUT2D eigenvalue weighted by molar-refractivity contribution is 6.06. The van der Waals surface area contributed by atoms with Crippen LogP contribution in [0.25, 0.3) is 40.2 Å². The molecule has 0 aliphatic heterocycles. The Hall–Kier alpha value is -3.20. The first-order chi connectivity index (χ1) is 14.2. The Kier molecular flexibility index (Phi) is 5.85. The van der Waals surface area contributed by atoms with Crippen molar-refractivity contribution in [3.8, 4) is 0 Å². The average molecular weight is 384 g/mol. The second-order valence-corrected chi connectivity index (χ2v) is 7.35. The summed E-state index contributed by atoms with van der Waals surface area (Å²) in [5, 5.41) is 2.26. The van der Waals surface area contributed by atoms with Gasteiger partial charge in [0.05, 0.1) is 5.69 Å². The molecule has 1 N–H and O–H groups in total. The van der Waals surface area contributed by atoms with E-state index in [1.54, 1.807) is 6.07 Å². The lowest BCUT2D eigenvalue weighted by Gasteiger charge is -1.97. The molecular formula is C26H25FN2. The van der Waals surface area contributed by atoms with Crippen LogP contribution in [0.1, 0.15) is 49.4 Å². The fourth-order valence-electron chi connectivity index (χ4n) is 3.52. The summed E-state index contributed by atoms with van der Waals surface area (Å²) in [4.78, 5) is 8.18. The summed E-state index contributed by atoms with van der Waals surface area (Å²) in [6.45, 7) is 2.22. The molecule has 146 valence electrons. The molecule has 29 heavy (non-hydrogen) atoms. The molecule has 0 bridgehead atoms. The summed E-state index contributed by atoms with van der Waals surface area (Å²) in [7, 11) is 0. The molecule has 2 aromatic heterocycles. The second kappa shape index (κ2) is 8.87. The van der Waals surface area contributed by atoms with E-state index in [1.807, 2.05) is 18.2 Å². The molecular weight excluding hydrogens is 359 g/mol. The number of rotatable bonds is 7. The smallest absolute Gasteiger partial charge is 0.139 e. The van der Waals surface area contributed by atoms with Crippen molar-refractivity contribution in [3.63, 3.8) is 0 Å². The summed E-state index contributed by atoms with van der Waals surface area (Å²) >= 11 is 0. The van der Waals surface area contributed by atoms with Crippen LogP contribution in [0.15, 0.2) is 60.7 Å². The van der Waals surface area contributed by atoms with Gasteiger partial charge in [-0.25, -0.2) is 9.37 Å². The number of nitrogens with one attached hydrogen (secondary N) is 1. The Morgan fingerprint density at radius 2 is 1.76 bits per heavy atom. The van der Waals surface area contributed by atoms with Crippen LogP contribution in [-0.2, 0) is 0 Å². The van der Waals surface area contributed by atoms with E-state index < -0.39 is 0 Å². The summed E-state index contributed by atoms with van der Waals surface area (Å²) < 4.78 is 13.3. The van der Waals surface area contributed by atoms with Gasteiger partial charge in [-0.05, 0) is 66.4 Å². The molecule has 0 saturated heterocycles. The zero-order valence-corrected chi connectivity index (χ0v) is 16.7. The number of aromatic amines is 1. The van der Waals surface area contributed by atoms with Gasteiger partial charge in [0.15, 0.2) is 0 Å². The molecule has 0 atom stereocenters. The summed E-state index contributed by atoms with van der Waals surface area (Å²) in [6.07, 6.45) is 13.1.